The summed E-state index contributed by atoms with van der Waals surface area (Å²) in [6.45, 7) is 7.07. The number of likely N-dealkylation sites (N-methyl/N-ethyl adjacent to an activating group) is 1. The molecule has 0 aromatic heterocycles. The van der Waals surface area contributed by atoms with Gasteiger partial charge >= 0.3 is 12.0 Å². The second kappa shape index (κ2) is 11.9. The molecule has 9 heteroatoms. The summed E-state index contributed by atoms with van der Waals surface area (Å²) in [6, 6.07) is 12.9. The first kappa shape index (κ1) is 25.6. The third-order valence-electron chi connectivity index (χ3n) is 5.61. The van der Waals surface area contributed by atoms with Gasteiger partial charge in [-0.05, 0) is 44.0 Å². The molecule has 1 aliphatic rings. The van der Waals surface area contributed by atoms with E-state index in [0.29, 0.717) is 48.0 Å². The molecule has 2 N–H and O–H groups in total. The van der Waals surface area contributed by atoms with E-state index >= 15 is 0 Å². The maximum atomic E-state index is 12.8. The Labute approximate surface area is 205 Å². The number of methoxy groups -OCH3 is 1. The zero-order valence-corrected chi connectivity index (χ0v) is 20.4. The lowest BCUT2D eigenvalue weighted by atomic mass is 9.92. The Balaban J connectivity index is 2.00. The van der Waals surface area contributed by atoms with Crippen molar-refractivity contribution in [3.05, 3.63) is 65.2 Å². The van der Waals surface area contributed by atoms with E-state index in [1.54, 1.807) is 35.2 Å². The number of rotatable bonds is 10. The van der Waals surface area contributed by atoms with Gasteiger partial charge in [0.05, 0.1) is 31.0 Å². The predicted octanol–water partition coefficient (Wildman–Crippen LogP) is 3.27. The summed E-state index contributed by atoms with van der Waals surface area (Å²) < 4.78 is 16.6. The molecule has 3 rings (SSSR count). The highest BCUT2D eigenvalue weighted by Crippen LogP contribution is 2.36. The summed E-state index contributed by atoms with van der Waals surface area (Å²) >= 11 is 0. The molecule has 0 saturated heterocycles. The number of benzene rings is 2. The fourth-order valence-electron chi connectivity index (χ4n) is 3.88. The molecule has 0 radical (unpaired) electrons. The van der Waals surface area contributed by atoms with Crippen molar-refractivity contribution in [2.24, 2.45) is 0 Å². The summed E-state index contributed by atoms with van der Waals surface area (Å²) in [5.74, 6) is 0.0823. The molecule has 0 spiro atoms. The van der Waals surface area contributed by atoms with E-state index in [4.69, 9.17) is 14.2 Å². The lowest BCUT2D eigenvalue weighted by molar-refractivity contribution is -0.136. The first-order valence-electron chi connectivity index (χ1n) is 11.6. The van der Waals surface area contributed by atoms with Crippen LogP contribution >= 0.6 is 0 Å². The Morgan fingerprint density at radius 2 is 1.69 bits per heavy atom. The van der Waals surface area contributed by atoms with Crippen molar-refractivity contribution in [1.29, 1.82) is 0 Å². The first-order chi connectivity index (χ1) is 16.9. The number of nitrogens with one attached hydrogen (secondary N) is 2. The lowest BCUT2D eigenvalue weighted by Crippen LogP contribution is -2.45. The smallest absolute Gasteiger partial charge is 0.338 e. The maximum absolute atomic E-state index is 12.8. The first-order valence-corrected chi connectivity index (χ1v) is 11.6. The SMILES string of the molecule is CCOc1cc(C2NC(=O)NC(c3ccccc3)=C2C(=O)OC)ccc1OCC(=O)N(CC)CC. The molecule has 1 heterocycles. The highest BCUT2D eigenvalue weighted by Gasteiger charge is 2.34. The Kier molecular flexibility index (Phi) is 8.72. The fourth-order valence-corrected chi connectivity index (χ4v) is 3.88. The van der Waals surface area contributed by atoms with Crippen molar-refractivity contribution in [2.45, 2.75) is 26.8 Å². The summed E-state index contributed by atoms with van der Waals surface area (Å²) in [7, 11) is 1.29. The van der Waals surface area contributed by atoms with Crippen LogP contribution in [0.25, 0.3) is 5.70 Å². The third-order valence-corrected chi connectivity index (χ3v) is 5.61. The second-order valence-corrected chi connectivity index (χ2v) is 7.67. The van der Waals surface area contributed by atoms with Gasteiger partial charge in [0.15, 0.2) is 18.1 Å². The van der Waals surface area contributed by atoms with E-state index in [1.165, 1.54) is 7.11 Å². The highest BCUT2D eigenvalue weighted by molar-refractivity contribution is 6.04. The molecule has 9 nitrogen and oxygen atoms in total. The van der Waals surface area contributed by atoms with Crippen LogP contribution in [0.4, 0.5) is 4.79 Å². The second-order valence-electron chi connectivity index (χ2n) is 7.67. The molecule has 1 aliphatic heterocycles. The number of hydrogen-bond acceptors (Lipinski definition) is 6. The van der Waals surface area contributed by atoms with Gasteiger partial charge in [-0.2, -0.15) is 0 Å². The van der Waals surface area contributed by atoms with Gasteiger partial charge in [-0.15, -0.1) is 0 Å². The van der Waals surface area contributed by atoms with E-state index in [9.17, 15) is 14.4 Å². The monoisotopic (exact) mass is 481 g/mol. The van der Waals surface area contributed by atoms with Crippen LogP contribution in [0, 0.1) is 0 Å². The number of carbonyl (C=O) groups is 3. The molecule has 186 valence electrons. The summed E-state index contributed by atoms with van der Waals surface area (Å²) in [6.07, 6.45) is 0. The van der Waals surface area contributed by atoms with Crippen molar-refractivity contribution < 1.29 is 28.6 Å². The van der Waals surface area contributed by atoms with E-state index in [0.717, 1.165) is 0 Å². The number of carbonyl (C=O) groups excluding carboxylic acids is 3. The molecule has 1 atom stereocenters. The molecule has 0 aliphatic carbocycles. The maximum Gasteiger partial charge on any atom is 0.338 e. The van der Waals surface area contributed by atoms with Crippen LogP contribution in [-0.4, -0.2) is 56.2 Å². The van der Waals surface area contributed by atoms with Crippen LogP contribution < -0.4 is 20.1 Å². The summed E-state index contributed by atoms with van der Waals surface area (Å²) in [4.78, 5) is 39.5. The standard InChI is InChI=1S/C26H31N3O6/c1-5-29(6-2)21(30)16-35-19-14-13-18(15-20(19)34-7-3)24-22(25(31)33-4)23(27-26(32)28-24)17-11-9-8-10-12-17/h8-15,24H,5-7,16H2,1-4H3,(H2,27,28,32). The van der Waals surface area contributed by atoms with Crippen molar-refractivity contribution in [3.8, 4) is 11.5 Å². The Hall–Kier alpha value is -4.01. The summed E-state index contributed by atoms with van der Waals surface area (Å²) in [5, 5.41) is 5.53. The van der Waals surface area contributed by atoms with Gasteiger partial charge < -0.3 is 29.7 Å². The molecule has 35 heavy (non-hydrogen) atoms. The normalized spacial score (nSPS) is 15.1. The van der Waals surface area contributed by atoms with Crippen LogP contribution in [-0.2, 0) is 14.3 Å². The van der Waals surface area contributed by atoms with Crippen LogP contribution in [0.3, 0.4) is 0 Å². The minimum Gasteiger partial charge on any atom is -0.490 e. The molecule has 3 amide bonds. The zero-order chi connectivity index (χ0) is 25.4. The zero-order valence-electron chi connectivity index (χ0n) is 20.4. The molecule has 0 bridgehead atoms. The minimum atomic E-state index is -0.794. The third kappa shape index (κ3) is 5.92. The van der Waals surface area contributed by atoms with Gasteiger partial charge in [0.2, 0.25) is 0 Å². The van der Waals surface area contributed by atoms with E-state index in [-0.39, 0.29) is 18.1 Å². The van der Waals surface area contributed by atoms with Crippen LogP contribution in [0.1, 0.15) is 37.9 Å². The van der Waals surface area contributed by atoms with Crippen LogP contribution in [0.5, 0.6) is 11.5 Å². The number of ether oxygens (including phenoxy) is 3. The number of esters is 1. The van der Waals surface area contributed by atoms with Crippen LogP contribution in [0.2, 0.25) is 0 Å². The molecular weight excluding hydrogens is 450 g/mol. The molecule has 2 aromatic carbocycles. The van der Waals surface area contributed by atoms with E-state index < -0.39 is 18.0 Å². The van der Waals surface area contributed by atoms with Crippen LogP contribution in [0.15, 0.2) is 54.1 Å². The number of amides is 3. The fraction of sp³-hybridized carbons (Fsp3) is 0.346. The van der Waals surface area contributed by atoms with Crippen molar-refractivity contribution in [1.82, 2.24) is 15.5 Å². The largest absolute Gasteiger partial charge is 0.490 e. The number of hydrogen-bond donors (Lipinski definition) is 2. The summed E-state index contributed by atoms with van der Waals surface area (Å²) in [5.41, 5.74) is 1.90. The molecule has 2 aromatic rings. The average molecular weight is 482 g/mol. The van der Waals surface area contributed by atoms with Gasteiger partial charge in [-0.1, -0.05) is 36.4 Å². The Morgan fingerprint density at radius 3 is 2.31 bits per heavy atom. The topological polar surface area (TPSA) is 106 Å². The molecule has 0 saturated carbocycles. The average Bonchev–Trinajstić information content (AvgIpc) is 2.88. The minimum absolute atomic E-state index is 0.128. The van der Waals surface area contributed by atoms with E-state index in [2.05, 4.69) is 10.6 Å². The predicted molar refractivity (Wildman–Crippen MR) is 131 cm³/mol. The highest BCUT2D eigenvalue weighted by atomic mass is 16.5. The van der Waals surface area contributed by atoms with E-state index in [1.807, 2.05) is 39.0 Å². The van der Waals surface area contributed by atoms with Gasteiger partial charge in [-0.3, -0.25) is 4.79 Å². The molecule has 1 unspecified atom stereocenters. The van der Waals surface area contributed by atoms with Gasteiger partial charge in [0, 0.05) is 13.1 Å². The molecular formula is C26H31N3O6. The Morgan fingerprint density at radius 1 is 0.971 bits per heavy atom. The van der Waals surface area contributed by atoms with Gasteiger partial charge in [0.25, 0.3) is 5.91 Å². The Bertz CT molecular complexity index is 1100. The molecule has 0 fully saturated rings. The lowest BCUT2D eigenvalue weighted by Gasteiger charge is -2.29. The van der Waals surface area contributed by atoms with Gasteiger partial charge in [-0.25, -0.2) is 9.59 Å². The quantitative estimate of drug-likeness (QED) is 0.505. The van der Waals surface area contributed by atoms with Crippen molar-refractivity contribution in [2.75, 3.05) is 33.4 Å². The van der Waals surface area contributed by atoms with Gasteiger partial charge in [0.1, 0.15) is 0 Å². The van der Waals surface area contributed by atoms with Crippen molar-refractivity contribution >= 4 is 23.6 Å². The van der Waals surface area contributed by atoms with Crippen molar-refractivity contribution in [3.63, 3.8) is 0 Å². The number of urea groups is 1. The number of nitrogens with zero attached hydrogens (tertiary/aromatic N) is 1.